The number of nitrogens with two attached hydrogens (primary N) is 1. The summed E-state index contributed by atoms with van der Waals surface area (Å²) in [4.78, 5) is 0. The normalized spacial score (nSPS) is 14.5. The fraction of sp³-hybridized carbons (Fsp3) is 1.00. The van der Waals surface area contributed by atoms with Gasteiger partial charge < -0.3 is 4.55 Å². The molecule has 0 aliphatic carbocycles. The number of hydrogen-bond acceptors (Lipinski definition) is 2. The molecule has 0 heterocycles. The maximum absolute atomic E-state index is 9.85. The zero-order chi connectivity index (χ0) is 4.99. The highest BCUT2D eigenvalue weighted by atomic mass is 35.5. The number of halogens is 1. The van der Waals surface area contributed by atoms with Gasteiger partial charge in [-0.2, -0.15) is 5.14 Å². The topological polar surface area (TPSA) is 49.1 Å². The number of hydrogen-bond donors (Lipinski definition) is 1. The van der Waals surface area contributed by atoms with Gasteiger partial charge in [-0.05, 0) is 0 Å². The van der Waals surface area contributed by atoms with E-state index in [0.717, 1.165) is 0 Å². The van der Waals surface area contributed by atoms with Gasteiger partial charge in [0, 0.05) is 11.4 Å². The van der Waals surface area contributed by atoms with Gasteiger partial charge in [0.1, 0.15) is 5.75 Å². The van der Waals surface area contributed by atoms with Crippen LogP contribution in [0.1, 0.15) is 0 Å². The fourth-order valence-electron chi connectivity index (χ4n) is 0.0760. The van der Waals surface area contributed by atoms with Gasteiger partial charge >= 0.3 is 0 Å². The van der Waals surface area contributed by atoms with Crippen LogP contribution < -0.4 is 5.14 Å². The number of alkyl halides is 1. The molecule has 0 rings (SSSR count). The second-order valence-corrected chi connectivity index (χ2v) is 2.32. The highest BCUT2D eigenvalue weighted by Gasteiger charge is 1.91. The largest absolute Gasteiger partial charge is 0.598 e. The molecule has 0 aromatic carbocycles. The zero-order valence-corrected chi connectivity index (χ0v) is 4.76. The SMILES string of the molecule is N[S+]([O-])CCCl. The second-order valence-electron chi connectivity index (χ2n) is 0.774. The monoisotopic (exact) mass is 127 g/mol. The van der Waals surface area contributed by atoms with Crippen LogP contribution in [0.5, 0.6) is 0 Å². The van der Waals surface area contributed by atoms with Gasteiger partial charge in [-0.25, -0.2) is 0 Å². The van der Waals surface area contributed by atoms with E-state index >= 15 is 0 Å². The Hall–Kier alpha value is 0.560. The third-order valence-electron chi connectivity index (χ3n) is 0.278. The average Bonchev–Trinajstić information content (AvgIpc) is 1.35. The highest BCUT2D eigenvalue weighted by Crippen LogP contribution is 1.78. The van der Waals surface area contributed by atoms with E-state index in [1.165, 1.54) is 0 Å². The van der Waals surface area contributed by atoms with Crippen LogP contribution in [0.2, 0.25) is 0 Å². The predicted octanol–water partition coefficient (Wildman–Crippen LogP) is -0.152. The van der Waals surface area contributed by atoms with Crippen molar-refractivity contribution in [1.82, 2.24) is 0 Å². The van der Waals surface area contributed by atoms with Crippen LogP contribution in [0.25, 0.3) is 0 Å². The Morgan fingerprint density at radius 3 is 2.33 bits per heavy atom. The molecule has 4 heteroatoms. The lowest BCUT2D eigenvalue weighted by atomic mass is 11.0. The molecule has 6 heavy (non-hydrogen) atoms. The maximum Gasteiger partial charge on any atom is 0.138 e. The molecule has 2 N–H and O–H groups in total. The van der Waals surface area contributed by atoms with E-state index in [1.807, 2.05) is 0 Å². The summed E-state index contributed by atoms with van der Waals surface area (Å²) in [6.07, 6.45) is 0. The Kier molecular flexibility index (Phi) is 4.09. The van der Waals surface area contributed by atoms with Gasteiger partial charge in [-0.15, -0.1) is 11.6 Å². The van der Waals surface area contributed by atoms with Crippen molar-refractivity contribution in [2.45, 2.75) is 0 Å². The van der Waals surface area contributed by atoms with E-state index in [4.69, 9.17) is 16.7 Å². The molecule has 1 unspecified atom stereocenters. The van der Waals surface area contributed by atoms with Crippen molar-refractivity contribution in [2.75, 3.05) is 11.6 Å². The van der Waals surface area contributed by atoms with Gasteiger partial charge in [0.25, 0.3) is 0 Å². The Morgan fingerprint density at radius 1 is 1.83 bits per heavy atom. The quantitative estimate of drug-likeness (QED) is 0.414. The summed E-state index contributed by atoms with van der Waals surface area (Å²) in [5, 5.41) is 4.79. The van der Waals surface area contributed by atoms with Crippen molar-refractivity contribution in [3.05, 3.63) is 0 Å². The minimum atomic E-state index is -1.20. The average molecular weight is 128 g/mol. The molecule has 2 nitrogen and oxygen atoms in total. The predicted molar refractivity (Wildman–Crippen MR) is 27.9 cm³/mol. The molecule has 1 atom stereocenters. The first kappa shape index (κ1) is 6.56. The van der Waals surface area contributed by atoms with Crippen LogP contribution >= 0.6 is 11.6 Å². The van der Waals surface area contributed by atoms with Crippen LogP contribution in [-0.2, 0) is 11.4 Å². The molecule has 0 aliphatic heterocycles. The van der Waals surface area contributed by atoms with Gasteiger partial charge in [-0.1, -0.05) is 0 Å². The van der Waals surface area contributed by atoms with Crippen LogP contribution in [0.3, 0.4) is 0 Å². The first-order chi connectivity index (χ1) is 2.77. The lowest BCUT2D eigenvalue weighted by molar-refractivity contribution is 0.598. The molecular weight excluding hydrogens is 122 g/mol. The third-order valence-corrected chi connectivity index (χ3v) is 1.30. The second kappa shape index (κ2) is 3.74. The van der Waals surface area contributed by atoms with E-state index < -0.39 is 11.4 Å². The summed E-state index contributed by atoms with van der Waals surface area (Å²) >= 11 is 3.93. The maximum atomic E-state index is 9.85. The van der Waals surface area contributed by atoms with Crippen LogP contribution in [0.4, 0.5) is 0 Å². The van der Waals surface area contributed by atoms with Crippen molar-refractivity contribution in [3.63, 3.8) is 0 Å². The zero-order valence-electron chi connectivity index (χ0n) is 3.19. The van der Waals surface area contributed by atoms with Gasteiger partial charge in [0.2, 0.25) is 0 Å². The van der Waals surface area contributed by atoms with E-state index in [-0.39, 0.29) is 0 Å². The van der Waals surface area contributed by atoms with Crippen LogP contribution in [-0.4, -0.2) is 16.2 Å². The molecule has 0 bridgehead atoms. The molecule has 0 saturated carbocycles. The van der Waals surface area contributed by atoms with Crippen molar-refractivity contribution in [1.29, 1.82) is 0 Å². The lowest BCUT2D eigenvalue weighted by Crippen LogP contribution is -2.16. The summed E-state index contributed by atoms with van der Waals surface area (Å²) in [5.74, 6) is 0.769. The van der Waals surface area contributed by atoms with Crippen molar-refractivity contribution in [2.24, 2.45) is 5.14 Å². The summed E-state index contributed by atoms with van der Waals surface area (Å²) < 4.78 is 9.85. The van der Waals surface area contributed by atoms with Crippen molar-refractivity contribution >= 4 is 23.0 Å². The third kappa shape index (κ3) is 4.56. The first-order valence-corrected chi connectivity index (χ1v) is 3.37. The Morgan fingerprint density at radius 2 is 2.33 bits per heavy atom. The van der Waals surface area contributed by atoms with Crippen molar-refractivity contribution < 1.29 is 4.55 Å². The van der Waals surface area contributed by atoms with E-state index in [0.29, 0.717) is 11.6 Å². The summed E-state index contributed by atoms with van der Waals surface area (Å²) in [7, 11) is 0. The summed E-state index contributed by atoms with van der Waals surface area (Å²) in [5.41, 5.74) is 0. The minimum Gasteiger partial charge on any atom is -0.598 e. The Labute approximate surface area is 45.0 Å². The molecule has 0 spiro atoms. The molecule has 38 valence electrons. The van der Waals surface area contributed by atoms with Gasteiger partial charge in [0.15, 0.2) is 0 Å². The van der Waals surface area contributed by atoms with Crippen molar-refractivity contribution in [3.8, 4) is 0 Å². The molecular formula is C2H6ClNOS. The van der Waals surface area contributed by atoms with Gasteiger partial charge in [0.05, 0.1) is 5.88 Å². The number of rotatable bonds is 2. The standard InChI is InChI=1S/C2H6ClNOS/c3-1-2-6(4)5/h1-2,4H2. The summed E-state index contributed by atoms with van der Waals surface area (Å²) in [6, 6.07) is 0. The van der Waals surface area contributed by atoms with Crippen LogP contribution in [0.15, 0.2) is 0 Å². The fourth-order valence-corrected chi connectivity index (χ4v) is 0.684. The lowest BCUT2D eigenvalue weighted by Gasteiger charge is -1.96. The minimum absolute atomic E-state index is 0.378. The summed E-state index contributed by atoms with van der Waals surface area (Å²) in [6.45, 7) is 0. The molecule has 0 aromatic rings. The Balaban J connectivity index is 2.63. The highest BCUT2D eigenvalue weighted by molar-refractivity contribution is 7.89. The Bertz CT molecular complexity index is 34.7. The smallest absolute Gasteiger partial charge is 0.138 e. The molecule has 0 saturated heterocycles. The van der Waals surface area contributed by atoms with E-state index in [9.17, 15) is 4.55 Å². The molecule has 0 fully saturated rings. The van der Waals surface area contributed by atoms with E-state index in [1.54, 1.807) is 0 Å². The van der Waals surface area contributed by atoms with Crippen LogP contribution in [0, 0.1) is 0 Å². The molecule has 0 aliphatic rings. The van der Waals surface area contributed by atoms with Gasteiger partial charge in [-0.3, -0.25) is 0 Å². The van der Waals surface area contributed by atoms with E-state index in [2.05, 4.69) is 0 Å². The molecule has 0 aromatic heterocycles. The molecule has 0 amide bonds. The first-order valence-electron chi connectivity index (χ1n) is 1.46. The molecule has 0 radical (unpaired) electrons.